The van der Waals surface area contributed by atoms with Crippen LogP contribution in [0.4, 0.5) is 0 Å². The van der Waals surface area contributed by atoms with E-state index in [0.717, 1.165) is 23.2 Å². The summed E-state index contributed by atoms with van der Waals surface area (Å²) in [6.07, 6.45) is 5.48. The summed E-state index contributed by atoms with van der Waals surface area (Å²) in [6, 6.07) is 13.2. The van der Waals surface area contributed by atoms with Crippen molar-refractivity contribution in [1.29, 1.82) is 0 Å². The number of pyridine rings is 1. The predicted octanol–water partition coefficient (Wildman–Crippen LogP) is 4.71. The van der Waals surface area contributed by atoms with Gasteiger partial charge in [-0.2, -0.15) is 0 Å². The Labute approximate surface area is 152 Å². The van der Waals surface area contributed by atoms with E-state index in [0.29, 0.717) is 10.7 Å². The predicted molar refractivity (Wildman–Crippen MR) is 101 cm³/mol. The molecule has 25 heavy (non-hydrogen) atoms. The van der Waals surface area contributed by atoms with Gasteiger partial charge in [-0.05, 0) is 49.2 Å². The van der Waals surface area contributed by atoms with Gasteiger partial charge in [0.2, 0.25) is 0 Å². The highest BCUT2D eigenvalue weighted by molar-refractivity contribution is 6.30. The Morgan fingerprint density at radius 1 is 1.24 bits per heavy atom. The first-order valence-corrected chi connectivity index (χ1v) is 8.63. The maximum atomic E-state index is 12.7. The van der Waals surface area contributed by atoms with Gasteiger partial charge in [-0.3, -0.25) is 9.78 Å². The van der Waals surface area contributed by atoms with E-state index in [4.69, 9.17) is 11.6 Å². The van der Waals surface area contributed by atoms with Gasteiger partial charge in [0.1, 0.15) is 5.69 Å². The van der Waals surface area contributed by atoms with Crippen LogP contribution in [0.5, 0.6) is 0 Å². The molecule has 0 saturated carbocycles. The molecule has 1 aromatic carbocycles. The molecular formula is C20H20ClN3O. The van der Waals surface area contributed by atoms with Gasteiger partial charge in [-0.25, -0.2) is 0 Å². The Morgan fingerprint density at radius 3 is 2.64 bits per heavy atom. The smallest absolute Gasteiger partial charge is 0.268 e. The van der Waals surface area contributed by atoms with Crippen molar-refractivity contribution in [2.24, 2.45) is 0 Å². The summed E-state index contributed by atoms with van der Waals surface area (Å²) < 4.78 is 1.95. The Morgan fingerprint density at radius 2 is 2.00 bits per heavy atom. The van der Waals surface area contributed by atoms with E-state index in [9.17, 15) is 4.79 Å². The van der Waals surface area contributed by atoms with E-state index in [2.05, 4.69) is 10.3 Å². The second-order valence-electron chi connectivity index (χ2n) is 5.89. The fourth-order valence-corrected chi connectivity index (χ4v) is 2.87. The molecule has 0 bridgehead atoms. The van der Waals surface area contributed by atoms with Crippen LogP contribution in [0, 0.1) is 0 Å². The molecule has 2 heterocycles. The zero-order valence-electron chi connectivity index (χ0n) is 14.2. The van der Waals surface area contributed by atoms with E-state index in [-0.39, 0.29) is 11.9 Å². The van der Waals surface area contributed by atoms with Crippen LogP contribution in [0.3, 0.4) is 0 Å². The zero-order valence-corrected chi connectivity index (χ0v) is 15.0. The molecule has 0 aliphatic rings. The molecule has 5 heteroatoms. The topological polar surface area (TPSA) is 46.9 Å². The highest BCUT2D eigenvalue weighted by Crippen LogP contribution is 2.24. The number of halogens is 1. The van der Waals surface area contributed by atoms with Crippen molar-refractivity contribution >= 4 is 17.5 Å². The van der Waals surface area contributed by atoms with Crippen molar-refractivity contribution in [2.75, 3.05) is 0 Å². The third-order valence-corrected chi connectivity index (χ3v) is 4.43. The second-order valence-corrected chi connectivity index (χ2v) is 6.32. The monoisotopic (exact) mass is 353 g/mol. The number of benzene rings is 1. The molecule has 1 atom stereocenters. The van der Waals surface area contributed by atoms with Gasteiger partial charge in [0.25, 0.3) is 5.91 Å². The first-order valence-electron chi connectivity index (χ1n) is 8.25. The van der Waals surface area contributed by atoms with Gasteiger partial charge < -0.3 is 9.88 Å². The lowest BCUT2D eigenvalue weighted by molar-refractivity contribution is 0.0930. The van der Waals surface area contributed by atoms with E-state index in [1.54, 1.807) is 12.4 Å². The molecule has 0 aliphatic heterocycles. The number of aromatic nitrogens is 2. The molecule has 2 aromatic heterocycles. The molecule has 1 unspecified atom stereocenters. The molecule has 1 N–H and O–H groups in total. The van der Waals surface area contributed by atoms with Crippen LogP contribution in [0.1, 0.15) is 35.9 Å². The Kier molecular flexibility index (Phi) is 5.19. The number of hydrogen-bond donors (Lipinski definition) is 1. The zero-order chi connectivity index (χ0) is 17.8. The van der Waals surface area contributed by atoms with Crippen LogP contribution in [0.2, 0.25) is 5.02 Å². The number of nitrogens with one attached hydrogen (secondary N) is 1. The maximum absolute atomic E-state index is 12.7. The number of rotatable bonds is 5. The van der Waals surface area contributed by atoms with E-state index >= 15 is 0 Å². The van der Waals surface area contributed by atoms with Gasteiger partial charge in [0.15, 0.2) is 0 Å². The number of hydrogen-bond acceptors (Lipinski definition) is 2. The van der Waals surface area contributed by atoms with Crippen LogP contribution < -0.4 is 5.32 Å². The summed E-state index contributed by atoms with van der Waals surface area (Å²) in [5.41, 5.74) is 3.65. The fraction of sp³-hybridized carbons (Fsp3) is 0.200. The Bertz CT molecular complexity index is 856. The molecule has 1 amide bonds. The minimum atomic E-state index is -0.111. The van der Waals surface area contributed by atoms with Gasteiger partial charge >= 0.3 is 0 Å². The molecule has 0 aliphatic carbocycles. The van der Waals surface area contributed by atoms with Crippen LogP contribution in [0.25, 0.3) is 11.1 Å². The largest absolute Gasteiger partial charge is 0.344 e. The Balaban J connectivity index is 1.83. The number of amides is 1. The van der Waals surface area contributed by atoms with E-state index < -0.39 is 0 Å². The summed E-state index contributed by atoms with van der Waals surface area (Å²) in [6.45, 7) is 4.69. The lowest BCUT2D eigenvalue weighted by Gasteiger charge is -2.14. The first kappa shape index (κ1) is 17.2. The standard InChI is InChI=1S/C20H20ClN3O/c1-3-24-13-17(15-6-8-18(21)9-7-15)11-19(24)20(25)23-14(2)16-5-4-10-22-12-16/h4-14H,3H2,1-2H3,(H,23,25). The number of carbonyl (C=O) groups excluding carboxylic acids is 1. The van der Waals surface area contributed by atoms with Crippen LogP contribution in [-0.4, -0.2) is 15.5 Å². The minimum Gasteiger partial charge on any atom is -0.344 e. The summed E-state index contributed by atoms with van der Waals surface area (Å²) in [4.78, 5) is 16.8. The molecule has 0 radical (unpaired) electrons. The number of aryl methyl sites for hydroxylation is 1. The highest BCUT2D eigenvalue weighted by Gasteiger charge is 2.16. The average Bonchev–Trinajstić information content (AvgIpc) is 3.07. The van der Waals surface area contributed by atoms with Crippen molar-refractivity contribution in [1.82, 2.24) is 14.9 Å². The van der Waals surface area contributed by atoms with E-state index in [1.165, 1.54) is 0 Å². The van der Waals surface area contributed by atoms with Gasteiger partial charge in [0.05, 0.1) is 6.04 Å². The third-order valence-electron chi connectivity index (χ3n) is 4.18. The molecule has 4 nitrogen and oxygen atoms in total. The lowest BCUT2D eigenvalue weighted by Crippen LogP contribution is -2.28. The maximum Gasteiger partial charge on any atom is 0.268 e. The van der Waals surface area contributed by atoms with Gasteiger partial charge in [0, 0.05) is 35.7 Å². The minimum absolute atomic E-state index is 0.0987. The summed E-state index contributed by atoms with van der Waals surface area (Å²) >= 11 is 5.95. The quantitative estimate of drug-likeness (QED) is 0.721. The van der Waals surface area contributed by atoms with Crippen molar-refractivity contribution in [3.63, 3.8) is 0 Å². The van der Waals surface area contributed by atoms with Crippen LogP contribution in [-0.2, 0) is 6.54 Å². The lowest BCUT2D eigenvalue weighted by atomic mass is 10.1. The molecule has 128 valence electrons. The summed E-state index contributed by atoms with van der Waals surface area (Å²) in [7, 11) is 0. The SMILES string of the molecule is CCn1cc(-c2ccc(Cl)cc2)cc1C(=O)NC(C)c1cccnc1. The summed E-state index contributed by atoms with van der Waals surface area (Å²) in [5, 5.41) is 3.74. The fourth-order valence-electron chi connectivity index (χ4n) is 2.75. The number of carbonyl (C=O) groups is 1. The third kappa shape index (κ3) is 3.91. The second kappa shape index (κ2) is 7.53. The van der Waals surface area contributed by atoms with Gasteiger partial charge in [-0.15, -0.1) is 0 Å². The molecular weight excluding hydrogens is 334 g/mol. The summed E-state index contributed by atoms with van der Waals surface area (Å²) in [5.74, 6) is -0.0987. The van der Waals surface area contributed by atoms with Gasteiger partial charge in [-0.1, -0.05) is 29.8 Å². The highest BCUT2D eigenvalue weighted by atomic mass is 35.5. The van der Waals surface area contributed by atoms with Crippen LogP contribution in [0.15, 0.2) is 61.1 Å². The van der Waals surface area contributed by atoms with Crippen molar-refractivity contribution in [2.45, 2.75) is 26.4 Å². The van der Waals surface area contributed by atoms with Crippen molar-refractivity contribution < 1.29 is 4.79 Å². The van der Waals surface area contributed by atoms with E-state index in [1.807, 2.05) is 67.1 Å². The molecule has 0 fully saturated rings. The molecule has 0 spiro atoms. The van der Waals surface area contributed by atoms with Crippen molar-refractivity contribution in [3.05, 3.63) is 77.3 Å². The van der Waals surface area contributed by atoms with Crippen molar-refractivity contribution in [3.8, 4) is 11.1 Å². The first-order chi connectivity index (χ1) is 12.1. The molecule has 3 rings (SSSR count). The molecule has 0 saturated heterocycles. The number of nitrogens with zero attached hydrogens (tertiary/aromatic N) is 2. The Hall–Kier alpha value is -2.59. The average molecular weight is 354 g/mol. The van der Waals surface area contributed by atoms with Crippen LogP contribution >= 0.6 is 11.6 Å². The normalized spacial score (nSPS) is 12.0. The molecule has 3 aromatic rings.